The van der Waals surface area contributed by atoms with Crippen molar-refractivity contribution in [3.63, 3.8) is 0 Å². The van der Waals surface area contributed by atoms with Crippen LogP contribution in [0.2, 0.25) is 0 Å². The average Bonchev–Trinajstić information content (AvgIpc) is 2.95. The van der Waals surface area contributed by atoms with Gasteiger partial charge in [0.2, 0.25) is 0 Å². The zero-order chi connectivity index (χ0) is 13.4. The number of hydrogen-bond donors (Lipinski definition) is 1. The minimum atomic E-state index is 0.780. The fraction of sp³-hybridized carbons (Fsp3) is 1.00. The lowest BCUT2D eigenvalue weighted by atomic mass is 9.77. The molecule has 1 aliphatic carbocycles. The molecule has 0 aromatic rings. The first-order valence-electron chi connectivity index (χ1n) is 9.11. The third-order valence-electron chi connectivity index (χ3n) is 6.39. The van der Waals surface area contributed by atoms with Crippen LogP contribution in [-0.2, 0) is 0 Å². The van der Waals surface area contributed by atoms with Gasteiger partial charge in [0.25, 0.3) is 0 Å². The van der Waals surface area contributed by atoms with Crippen molar-refractivity contribution in [1.29, 1.82) is 0 Å². The van der Waals surface area contributed by atoms with Gasteiger partial charge in [0.05, 0.1) is 0 Å². The zero-order valence-corrected chi connectivity index (χ0v) is 12.9. The van der Waals surface area contributed by atoms with Crippen LogP contribution in [0.3, 0.4) is 0 Å². The van der Waals surface area contributed by atoms with Gasteiger partial charge in [-0.25, -0.2) is 0 Å². The lowest BCUT2D eigenvalue weighted by Gasteiger charge is -2.44. The number of hydrogen-bond acceptors (Lipinski definition) is 3. The number of piperazine rings is 1. The molecule has 4 aliphatic rings. The summed E-state index contributed by atoms with van der Waals surface area (Å²) in [6.45, 7) is 6.65. The molecule has 20 heavy (non-hydrogen) atoms. The summed E-state index contributed by atoms with van der Waals surface area (Å²) in [7, 11) is 0. The number of rotatable bonds is 2. The Morgan fingerprint density at radius 1 is 0.850 bits per heavy atom. The first kappa shape index (κ1) is 13.5. The Kier molecular flexibility index (Phi) is 4.02. The van der Waals surface area contributed by atoms with Gasteiger partial charge in [-0.15, -0.1) is 0 Å². The minimum absolute atomic E-state index is 0.780. The lowest BCUT2D eigenvalue weighted by Crippen LogP contribution is -2.57. The molecule has 3 aliphatic heterocycles. The molecule has 3 saturated heterocycles. The summed E-state index contributed by atoms with van der Waals surface area (Å²) < 4.78 is 0. The van der Waals surface area contributed by atoms with E-state index in [1.807, 2.05) is 0 Å². The molecule has 4 atom stereocenters. The van der Waals surface area contributed by atoms with E-state index in [4.69, 9.17) is 0 Å². The Bertz CT molecular complexity index is 332. The molecular formula is C17H31N3. The van der Waals surface area contributed by atoms with Crippen molar-refractivity contribution in [3.8, 4) is 0 Å². The molecule has 0 spiro atoms. The van der Waals surface area contributed by atoms with Gasteiger partial charge in [0.1, 0.15) is 0 Å². The van der Waals surface area contributed by atoms with Gasteiger partial charge in [-0.1, -0.05) is 12.8 Å². The lowest BCUT2D eigenvalue weighted by molar-refractivity contribution is 0.0805. The molecule has 0 bridgehead atoms. The Balaban J connectivity index is 1.29. The molecule has 3 heteroatoms. The molecule has 0 amide bonds. The second-order valence-electron chi connectivity index (χ2n) is 7.68. The molecular weight excluding hydrogens is 246 g/mol. The summed E-state index contributed by atoms with van der Waals surface area (Å²) in [6.07, 6.45) is 11.7. The Labute approximate surface area is 124 Å². The van der Waals surface area contributed by atoms with Crippen LogP contribution in [0.15, 0.2) is 0 Å². The Morgan fingerprint density at radius 2 is 1.80 bits per heavy atom. The van der Waals surface area contributed by atoms with Crippen LogP contribution < -0.4 is 5.32 Å². The van der Waals surface area contributed by atoms with E-state index in [2.05, 4.69) is 15.1 Å². The van der Waals surface area contributed by atoms with E-state index in [9.17, 15) is 0 Å². The summed E-state index contributed by atoms with van der Waals surface area (Å²) >= 11 is 0. The zero-order valence-electron chi connectivity index (χ0n) is 12.9. The fourth-order valence-electron chi connectivity index (χ4n) is 5.25. The van der Waals surface area contributed by atoms with Crippen LogP contribution in [0.4, 0.5) is 0 Å². The third-order valence-corrected chi connectivity index (χ3v) is 6.39. The minimum Gasteiger partial charge on any atom is -0.310 e. The molecule has 114 valence electrons. The number of piperidine rings is 1. The first-order chi connectivity index (χ1) is 9.88. The molecule has 3 nitrogen and oxygen atoms in total. The first-order valence-corrected chi connectivity index (χ1v) is 9.11. The monoisotopic (exact) mass is 277 g/mol. The van der Waals surface area contributed by atoms with E-state index in [-0.39, 0.29) is 0 Å². The number of nitrogens with one attached hydrogen (secondary N) is 1. The van der Waals surface area contributed by atoms with Crippen LogP contribution in [0.5, 0.6) is 0 Å². The Morgan fingerprint density at radius 3 is 2.80 bits per heavy atom. The van der Waals surface area contributed by atoms with Gasteiger partial charge in [-0.2, -0.15) is 0 Å². The van der Waals surface area contributed by atoms with Crippen molar-refractivity contribution < 1.29 is 0 Å². The average molecular weight is 277 g/mol. The smallest absolute Gasteiger partial charge is 0.0224 e. The van der Waals surface area contributed by atoms with Gasteiger partial charge in [-0.3, -0.25) is 9.80 Å². The van der Waals surface area contributed by atoms with Crippen molar-refractivity contribution in [2.45, 2.75) is 69.5 Å². The Hall–Kier alpha value is -0.120. The maximum absolute atomic E-state index is 4.01. The van der Waals surface area contributed by atoms with Crippen molar-refractivity contribution in [2.24, 2.45) is 5.92 Å². The van der Waals surface area contributed by atoms with E-state index in [1.54, 1.807) is 0 Å². The third kappa shape index (κ3) is 2.77. The van der Waals surface area contributed by atoms with Crippen LogP contribution in [0.25, 0.3) is 0 Å². The highest BCUT2D eigenvalue weighted by molar-refractivity contribution is 4.93. The maximum atomic E-state index is 4.01. The van der Waals surface area contributed by atoms with Gasteiger partial charge >= 0.3 is 0 Å². The number of nitrogens with zero attached hydrogens (tertiary/aromatic N) is 2. The quantitative estimate of drug-likeness (QED) is 0.834. The van der Waals surface area contributed by atoms with E-state index < -0.39 is 0 Å². The summed E-state index contributed by atoms with van der Waals surface area (Å²) in [4.78, 5) is 5.48. The van der Waals surface area contributed by atoms with Crippen LogP contribution >= 0.6 is 0 Å². The van der Waals surface area contributed by atoms with Crippen molar-refractivity contribution in [1.82, 2.24) is 15.1 Å². The van der Waals surface area contributed by atoms with E-state index in [0.717, 1.165) is 24.0 Å². The van der Waals surface area contributed by atoms with E-state index in [0.29, 0.717) is 0 Å². The highest BCUT2D eigenvalue weighted by Gasteiger charge is 2.34. The maximum Gasteiger partial charge on any atom is 0.0224 e. The molecule has 1 saturated carbocycles. The topological polar surface area (TPSA) is 18.5 Å². The predicted molar refractivity (Wildman–Crippen MR) is 82.9 cm³/mol. The van der Waals surface area contributed by atoms with Crippen LogP contribution in [0, 0.1) is 5.92 Å². The molecule has 1 N–H and O–H groups in total. The molecule has 3 heterocycles. The summed E-state index contributed by atoms with van der Waals surface area (Å²) in [6, 6.07) is 2.52. The second kappa shape index (κ2) is 5.94. The molecule has 0 aromatic heterocycles. The normalized spacial score (nSPS) is 43.2. The standard InChI is InChI=1S/C17H31N3/c1-2-6-17-14(4-1)7-8-15(18-17)12-19-10-11-20-9-3-5-16(20)13-19/h14-18H,1-13H2. The largest absolute Gasteiger partial charge is 0.310 e. The van der Waals surface area contributed by atoms with E-state index >= 15 is 0 Å². The molecule has 4 fully saturated rings. The van der Waals surface area contributed by atoms with Crippen LogP contribution in [-0.4, -0.2) is 60.6 Å². The fourth-order valence-corrected chi connectivity index (χ4v) is 5.25. The highest BCUT2D eigenvalue weighted by Crippen LogP contribution is 2.32. The van der Waals surface area contributed by atoms with E-state index in [1.165, 1.54) is 84.1 Å². The molecule has 4 rings (SSSR count). The highest BCUT2D eigenvalue weighted by atomic mass is 15.3. The molecule has 4 unspecified atom stereocenters. The van der Waals surface area contributed by atoms with Gasteiger partial charge in [0.15, 0.2) is 0 Å². The number of fused-ring (bicyclic) bond motifs is 2. The van der Waals surface area contributed by atoms with Crippen molar-refractivity contribution in [3.05, 3.63) is 0 Å². The van der Waals surface area contributed by atoms with Gasteiger partial charge < -0.3 is 5.32 Å². The summed E-state index contributed by atoms with van der Waals surface area (Å²) in [5, 5.41) is 4.01. The van der Waals surface area contributed by atoms with Gasteiger partial charge in [-0.05, 0) is 51.0 Å². The van der Waals surface area contributed by atoms with Gasteiger partial charge in [0, 0.05) is 44.3 Å². The molecule has 0 radical (unpaired) electrons. The van der Waals surface area contributed by atoms with Crippen molar-refractivity contribution >= 4 is 0 Å². The SMILES string of the molecule is C1CCC2NC(CN3CCN4CCCC4C3)CCC2C1. The second-order valence-corrected chi connectivity index (χ2v) is 7.68. The molecule has 0 aromatic carbocycles. The summed E-state index contributed by atoms with van der Waals surface area (Å²) in [5.41, 5.74) is 0. The summed E-state index contributed by atoms with van der Waals surface area (Å²) in [5.74, 6) is 1.01. The van der Waals surface area contributed by atoms with Crippen LogP contribution in [0.1, 0.15) is 51.4 Å². The predicted octanol–water partition coefficient (Wildman–Crippen LogP) is 2.08. The van der Waals surface area contributed by atoms with Crippen molar-refractivity contribution in [2.75, 3.05) is 32.7 Å².